The van der Waals surface area contributed by atoms with Crippen molar-refractivity contribution in [1.82, 2.24) is 9.55 Å². The van der Waals surface area contributed by atoms with Gasteiger partial charge < -0.3 is 4.90 Å². The second-order valence-corrected chi connectivity index (χ2v) is 13.0. The fraction of sp³-hybridized carbons (Fsp3) is 0. The Balaban J connectivity index is 1.37. The predicted octanol–water partition coefficient (Wildman–Crippen LogP) is 11.3. The lowest BCUT2D eigenvalue weighted by Crippen LogP contribution is -2.18. The molecule has 0 unspecified atom stereocenters. The normalized spacial score (nSPS) is 11.8. The number of nitrogens with zero attached hydrogens (tertiary/aromatic N) is 6. The second-order valence-electron chi connectivity index (χ2n) is 11.9. The first kappa shape index (κ1) is 29.3. The minimum absolute atomic E-state index is 0.578. The number of fused-ring (bicyclic) bond motifs is 5. The molecular formula is C43H26N6S. The van der Waals surface area contributed by atoms with Crippen molar-refractivity contribution in [2.24, 2.45) is 0 Å². The first-order valence-corrected chi connectivity index (χ1v) is 17.0. The fourth-order valence-electron chi connectivity index (χ4n) is 6.78. The summed E-state index contributed by atoms with van der Waals surface area (Å²) in [5.74, 6) is 1.52. The average molecular weight is 659 g/mol. The van der Waals surface area contributed by atoms with Crippen molar-refractivity contribution in [3.05, 3.63) is 169 Å². The summed E-state index contributed by atoms with van der Waals surface area (Å²) in [6, 6.07) is 57.6. The summed E-state index contributed by atoms with van der Waals surface area (Å²) in [5.41, 5.74) is 7.99. The molecular weight excluding hydrogens is 633 g/mol. The Morgan fingerprint density at radius 1 is 0.500 bits per heavy atom. The molecule has 6 aromatic carbocycles. The Morgan fingerprint density at radius 3 is 1.48 bits per heavy atom. The largest absolute Gasteiger partial charge is 0.310 e. The molecule has 50 heavy (non-hydrogen) atoms. The lowest BCUT2D eigenvalue weighted by molar-refractivity contribution is 1.04. The van der Waals surface area contributed by atoms with Gasteiger partial charge in [0.05, 0.1) is 51.4 Å². The maximum absolute atomic E-state index is 9.60. The standard InChI is InChI=1S/C43H26N6S/c44-27-29-17-21-31(22-18-29)47(32-23-19-30(28-45)20-24-32)33-25-42(48-36-11-3-1-9-34(36)35-10-2-4-12-37(35)48)46-43(26-33)49-38-13-5-7-15-40(38)50-41-16-8-6-14-39(41)49/h1-26H. The van der Waals surface area contributed by atoms with Crippen molar-refractivity contribution in [2.45, 2.75) is 9.79 Å². The Kier molecular flexibility index (Phi) is 7.05. The lowest BCUT2D eigenvalue weighted by atomic mass is 10.1. The minimum Gasteiger partial charge on any atom is -0.310 e. The molecule has 9 rings (SSSR count). The van der Waals surface area contributed by atoms with Gasteiger partial charge in [-0.3, -0.25) is 9.47 Å². The van der Waals surface area contributed by atoms with Crippen LogP contribution < -0.4 is 9.80 Å². The maximum atomic E-state index is 9.60. The molecule has 0 fully saturated rings. The molecule has 3 heterocycles. The van der Waals surface area contributed by atoms with Gasteiger partial charge in [-0.05, 0) is 84.9 Å². The molecule has 0 saturated heterocycles. The summed E-state index contributed by atoms with van der Waals surface area (Å²) >= 11 is 1.76. The van der Waals surface area contributed by atoms with Crippen LogP contribution in [0.3, 0.4) is 0 Å². The number of nitriles is 2. The second kappa shape index (κ2) is 12.0. The monoisotopic (exact) mass is 658 g/mol. The van der Waals surface area contributed by atoms with E-state index in [4.69, 9.17) is 4.98 Å². The van der Waals surface area contributed by atoms with Crippen LogP contribution in [0.4, 0.5) is 34.3 Å². The van der Waals surface area contributed by atoms with E-state index in [0.29, 0.717) is 11.1 Å². The highest BCUT2D eigenvalue weighted by molar-refractivity contribution is 7.99. The van der Waals surface area contributed by atoms with Gasteiger partial charge in [0.2, 0.25) is 0 Å². The molecule has 6 nitrogen and oxygen atoms in total. The zero-order chi connectivity index (χ0) is 33.6. The molecule has 234 valence electrons. The van der Waals surface area contributed by atoms with E-state index in [-0.39, 0.29) is 0 Å². The van der Waals surface area contributed by atoms with Crippen LogP contribution in [0, 0.1) is 22.7 Å². The molecule has 7 heteroatoms. The van der Waals surface area contributed by atoms with E-state index < -0.39 is 0 Å². The first-order chi connectivity index (χ1) is 24.7. The molecule has 0 amide bonds. The van der Waals surface area contributed by atoms with Gasteiger partial charge >= 0.3 is 0 Å². The topological polar surface area (TPSA) is 71.9 Å². The Bertz CT molecular complexity index is 2510. The van der Waals surface area contributed by atoms with Gasteiger partial charge in [0, 0.05) is 44.1 Å². The minimum atomic E-state index is 0.578. The third kappa shape index (κ3) is 4.85. The molecule has 0 bridgehead atoms. The SMILES string of the molecule is N#Cc1ccc(N(c2ccc(C#N)cc2)c2cc(N3c4ccccc4Sc4ccccc43)nc(-n3c4ccccc4c4ccccc43)c2)cc1. The Morgan fingerprint density at radius 2 is 0.960 bits per heavy atom. The van der Waals surface area contributed by atoms with Gasteiger partial charge in [0.15, 0.2) is 0 Å². The number of anilines is 6. The van der Waals surface area contributed by atoms with E-state index in [1.807, 2.05) is 48.5 Å². The van der Waals surface area contributed by atoms with Crippen LogP contribution in [0.15, 0.2) is 168 Å². The van der Waals surface area contributed by atoms with Crippen LogP contribution in [0.25, 0.3) is 27.6 Å². The van der Waals surface area contributed by atoms with Gasteiger partial charge in [-0.25, -0.2) is 4.98 Å². The first-order valence-electron chi connectivity index (χ1n) is 16.2. The molecule has 8 aromatic rings. The van der Waals surface area contributed by atoms with Crippen LogP contribution in [-0.2, 0) is 0 Å². The summed E-state index contributed by atoms with van der Waals surface area (Å²) in [4.78, 5) is 12.2. The van der Waals surface area contributed by atoms with E-state index in [1.165, 1.54) is 0 Å². The van der Waals surface area contributed by atoms with Crippen LogP contribution >= 0.6 is 11.8 Å². The van der Waals surface area contributed by atoms with Crippen LogP contribution in [0.2, 0.25) is 0 Å². The highest BCUT2D eigenvalue weighted by atomic mass is 32.2. The van der Waals surface area contributed by atoms with E-state index in [1.54, 1.807) is 11.8 Å². The van der Waals surface area contributed by atoms with Gasteiger partial charge in [-0.2, -0.15) is 10.5 Å². The third-order valence-corrected chi connectivity index (χ3v) is 10.2. The molecule has 0 aliphatic carbocycles. The summed E-state index contributed by atoms with van der Waals surface area (Å²) in [6.45, 7) is 0. The fourth-order valence-corrected chi connectivity index (χ4v) is 7.84. The Labute approximate surface area is 293 Å². The van der Waals surface area contributed by atoms with Crippen molar-refractivity contribution in [3.8, 4) is 18.0 Å². The number of rotatable bonds is 5. The zero-order valence-corrected chi connectivity index (χ0v) is 27.4. The van der Waals surface area contributed by atoms with E-state index in [9.17, 15) is 10.5 Å². The van der Waals surface area contributed by atoms with Crippen molar-refractivity contribution in [2.75, 3.05) is 9.80 Å². The molecule has 0 N–H and O–H groups in total. The average Bonchev–Trinajstić information content (AvgIpc) is 3.52. The van der Waals surface area contributed by atoms with Crippen molar-refractivity contribution in [3.63, 3.8) is 0 Å². The van der Waals surface area contributed by atoms with Gasteiger partial charge in [0.1, 0.15) is 11.6 Å². The van der Waals surface area contributed by atoms with Crippen LogP contribution in [0.5, 0.6) is 0 Å². The summed E-state index contributed by atoms with van der Waals surface area (Å²) in [6.07, 6.45) is 0. The third-order valence-electron chi connectivity index (χ3n) is 9.02. The molecule has 0 radical (unpaired) electrons. The summed E-state index contributed by atoms with van der Waals surface area (Å²) < 4.78 is 2.24. The maximum Gasteiger partial charge on any atom is 0.142 e. The number of pyridine rings is 1. The van der Waals surface area contributed by atoms with Gasteiger partial charge in [-0.15, -0.1) is 0 Å². The van der Waals surface area contributed by atoms with E-state index in [0.717, 1.165) is 71.7 Å². The van der Waals surface area contributed by atoms with Crippen LogP contribution in [0.1, 0.15) is 11.1 Å². The molecule has 1 aliphatic rings. The van der Waals surface area contributed by atoms with Crippen molar-refractivity contribution in [1.29, 1.82) is 10.5 Å². The number of benzene rings is 6. The molecule has 0 saturated carbocycles. The lowest BCUT2D eigenvalue weighted by Gasteiger charge is -2.33. The predicted molar refractivity (Wildman–Crippen MR) is 201 cm³/mol. The number of hydrogen-bond donors (Lipinski definition) is 0. The summed E-state index contributed by atoms with van der Waals surface area (Å²) in [7, 11) is 0. The highest BCUT2D eigenvalue weighted by Crippen LogP contribution is 2.52. The van der Waals surface area contributed by atoms with Gasteiger partial charge in [0.25, 0.3) is 0 Å². The van der Waals surface area contributed by atoms with E-state index >= 15 is 0 Å². The number of para-hydroxylation sites is 4. The van der Waals surface area contributed by atoms with Crippen LogP contribution in [-0.4, -0.2) is 9.55 Å². The quantitative estimate of drug-likeness (QED) is 0.183. The molecule has 1 aliphatic heterocycles. The summed E-state index contributed by atoms with van der Waals surface area (Å²) in [5, 5.41) is 21.5. The molecule has 0 atom stereocenters. The van der Waals surface area contributed by atoms with Crippen molar-refractivity contribution >= 4 is 67.8 Å². The number of aromatic nitrogens is 2. The smallest absolute Gasteiger partial charge is 0.142 e. The molecule has 2 aromatic heterocycles. The highest BCUT2D eigenvalue weighted by Gasteiger charge is 2.27. The van der Waals surface area contributed by atoms with Gasteiger partial charge in [-0.1, -0.05) is 72.4 Å². The van der Waals surface area contributed by atoms with E-state index in [2.05, 4.69) is 136 Å². The zero-order valence-electron chi connectivity index (χ0n) is 26.6. The number of hydrogen-bond acceptors (Lipinski definition) is 6. The van der Waals surface area contributed by atoms with Crippen molar-refractivity contribution < 1.29 is 0 Å². The Hall–Kier alpha value is -6.80. The molecule has 0 spiro atoms.